The fraction of sp³-hybridized carbons (Fsp3) is 1.00. The third kappa shape index (κ3) is 4.12. The zero-order valence-electron chi connectivity index (χ0n) is 11.2. The van der Waals surface area contributed by atoms with Crippen LogP contribution in [0, 0.1) is 11.8 Å². The zero-order valence-corrected chi connectivity index (χ0v) is 11.2. The predicted octanol–water partition coefficient (Wildman–Crippen LogP) is 2.65. The molecule has 1 fully saturated rings. The highest BCUT2D eigenvalue weighted by Crippen LogP contribution is 2.24. The van der Waals surface area contributed by atoms with Crippen LogP contribution in [0.4, 0.5) is 0 Å². The van der Waals surface area contributed by atoms with Crippen molar-refractivity contribution in [2.75, 3.05) is 26.8 Å². The molecule has 0 aromatic carbocycles. The first kappa shape index (κ1) is 13.0. The molecule has 1 rings (SSSR count). The van der Waals surface area contributed by atoms with Crippen LogP contribution in [0.25, 0.3) is 0 Å². The first-order chi connectivity index (χ1) is 7.00. The molecule has 0 unspecified atom stereocenters. The van der Waals surface area contributed by atoms with Gasteiger partial charge in [-0.05, 0) is 58.7 Å². The number of likely N-dealkylation sites (tertiary alicyclic amines) is 1. The Labute approximate surface area is 95.6 Å². The Hall–Kier alpha value is -0.0800. The van der Waals surface area contributed by atoms with E-state index in [1.165, 1.54) is 25.9 Å². The molecular weight excluding hydrogens is 184 g/mol. The van der Waals surface area contributed by atoms with Crippen LogP contribution in [-0.2, 0) is 0 Å². The maximum atomic E-state index is 2.60. The third-order valence-electron chi connectivity index (χ3n) is 3.88. The third-order valence-corrected chi connectivity index (χ3v) is 3.88. The van der Waals surface area contributed by atoms with E-state index in [0.717, 1.165) is 18.5 Å². The summed E-state index contributed by atoms with van der Waals surface area (Å²) in [5.74, 6) is 1.83. The van der Waals surface area contributed by atoms with E-state index in [0.29, 0.717) is 6.04 Å². The minimum absolute atomic E-state index is 0.660. The molecule has 1 aliphatic heterocycles. The molecular formula is C13H28N2. The highest BCUT2D eigenvalue weighted by Gasteiger charge is 2.22. The van der Waals surface area contributed by atoms with Crippen LogP contribution >= 0.6 is 0 Å². The van der Waals surface area contributed by atoms with Crippen LogP contribution < -0.4 is 0 Å². The molecule has 0 aliphatic carbocycles. The fourth-order valence-electron chi connectivity index (χ4n) is 2.24. The van der Waals surface area contributed by atoms with Gasteiger partial charge in [-0.15, -0.1) is 0 Å². The topological polar surface area (TPSA) is 6.48 Å². The minimum Gasteiger partial charge on any atom is -0.291 e. The van der Waals surface area contributed by atoms with Gasteiger partial charge in [0.2, 0.25) is 0 Å². The molecule has 0 radical (unpaired) electrons. The molecule has 0 N–H and O–H groups in total. The van der Waals surface area contributed by atoms with Gasteiger partial charge in [0.05, 0.1) is 6.67 Å². The summed E-state index contributed by atoms with van der Waals surface area (Å²) in [4.78, 5) is 5.02. The van der Waals surface area contributed by atoms with Gasteiger partial charge in [0, 0.05) is 6.04 Å². The zero-order chi connectivity index (χ0) is 11.4. The Balaban J connectivity index is 2.25. The van der Waals surface area contributed by atoms with Crippen molar-refractivity contribution in [1.82, 2.24) is 9.80 Å². The van der Waals surface area contributed by atoms with Crippen molar-refractivity contribution < 1.29 is 0 Å². The molecule has 1 aliphatic rings. The molecule has 0 saturated carbocycles. The Bertz CT molecular complexity index is 169. The Morgan fingerprint density at radius 3 is 2.07 bits per heavy atom. The summed E-state index contributed by atoms with van der Waals surface area (Å²) < 4.78 is 0. The molecule has 15 heavy (non-hydrogen) atoms. The van der Waals surface area contributed by atoms with Crippen molar-refractivity contribution in [3.05, 3.63) is 0 Å². The van der Waals surface area contributed by atoms with E-state index in [-0.39, 0.29) is 0 Å². The van der Waals surface area contributed by atoms with E-state index in [4.69, 9.17) is 0 Å². The number of hydrogen-bond acceptors (Lipinski definition) is 2. The van der Waals surface area contributed by atoms with E-state index < -0.39 is 0 Å². The molecule has 0 aromatic rings. The van der Waals surface area contributed by atoms with Gasteiger partial charge in [0.1, 0.15) is 0 Å². The highest BCUT2D eigenvalue weighted by molar-refractivity contribution is 4.74. The number of piperidine rings is 1. The maximum absolute atomic E-state index is 2.60. The monoisotopic (exact) mass is 212 g/mol. The lowest BCUT2D eigenvalue weighted by Crippen LogP contribution is -2.43. The first-order valence-corrected chi connectivity index (χ1v) is 6.43. The van der Waals surface area contributed by atoms with Gasteiger partial charge in [-0.25, -0.2) is 0 Å². The lowest BCUT2D eigenvalue weighted by molar-refractivity contribution is 0.0846. The predicted molar refractivity (Wildman–Crippen MR) is 66.9 cm³/mol. The van der Waals surface area contributed by atoms with Gasteiger partial charge in [0.15, 0.2) is 0 Å². The summed E-state index contributed by atoms with van der Waals surface area (Å²) in [6.45, 7) is 13.0. The standard InChI is InChI=1S/C13H28N2/c1-11(2)13-6-8-15(9-7-13)10-14(5)12(3)4/h11-13H,6-10H2,1-5H3. The Morgan fingerprint density at radius 1 is 1.13 bits per heavy atom. The molecule has 0 amide bonds. The van der Waals surface area contributed by atoms with Gasteiger partial charge in [-0.1, -0.05) is 13.8 Å². The van der Waals surface area contributed by atoms with Crippen LogP contribution in [0.5, 0.6) is 0 Å². The second kappa shape index (κ2) is 5.86. The van der Waals surface area contributed by atoms with Gasteiger partial charge >= 0.3 is 0 Å². The lowest BCUT2D eigenvalue weighted by atomic mass is 9.87. The minimum atomic E-state index is 0.660. The molecule has 0 atom stereocenters. The van der Waals surface area contributed by atoms with Crippen LogP contribution in [-0.4, -0.2) is 42.6 Å². The van der Waals surface area contributed by atoms with Gasteiger partial charge < -0.3 is 0 Å². The van der Waals surface area contributed by atoms with Crippen LogP contribution in [0.2, 0.25) is 0 Å². The van der Waals surface area contributed by atoms with E-state index >= 15 is 0 Å². The molecule has 2 nitrogen and oxygen atoms in total. The molecule has 2 heteroatoms. The SMILES string of the molecule is CC(C)C1CCN(CN(C)C(C)C)CC1. The summed E-state index contributed by atoms with van der Waals surface area (Å²) in [5.41, 5.74) is 0. The van der Waals surface area contributed by atoms with Crippen LogP contribution in [0.3, 0.4) is 0 Å². The molecule has 0 bridgehead atoms. The van der Waals surface area contributed by atoms with E-state index in [1.54, 1.807) is 0 Å². The lowest BCUT2D eigenvalue weighted by Gasteiger charge is -2.37. The average molecular weight is 212 g/mol. The second-order valence-electron chi connectivity index (χ2n) is 5.69. The first-order valence-electron chi connectivity index (χ1n) is 6.43. The molecule has 0 aromatic heterocycles. The van der Waals surface area contributed by atoms with Crippen LogP contribution in [0.1, 0.15) is 40.5 Å². The number of nitrogens with zero attached hydrogens (tertiary/aromatic N) is 2. The van der Waals surface area contributed by atoms with Crippen molar-refractivity contribution >= 4 is 0 Å². The summed E-state index contributed by atoms with van der Waals surface area (Å²) in [7, 11) is 2.22. The maximum Gasteiger partial charge on any atom is 0.0505 e. The Morgan fingerprint density at radius 2 is 1.67 bits per heavy atom. The Kier molecular flexibility index (Phi) is 5.07. The summed E-state index contributed by atoms with van der Waals surface area (Å²) >= 11 is 0. The van der Waals surface area contributed by atoms with Crippen molar-refractivity contribution in [3.63, 3.8) is 0 Å². The molecule has 90 valence electrons. The van der Waals surface area contributed by atoms with E-state index in [2.05, 4.69) is 44.5 Å². The van der Waals surface area contributed by atoms with Crippen LogP contribution in [0.15, 0.2) is 0 Å². The molecule has 1 saturated heterocycles. The number of rotatable bonds is 4. The molecule has 0 spiro atoms. The average Bonchev–Trinajstić information content (AvgIpc) is 2.18. The summed E-state index contributed by atoms with van der Waals surface area (Å²) in [6.07, 6.45) is 2.78. The highest BCUT2D eigenvalue weighted by atomic mass is 15.3. The normalized spacial score (nSPS) is 20.8. The largest absolute Gasteiger partial charge is 0.291 e. The van der Waals surface area contributed by atoms with Gasteiger partial charge in [-0.2, -0.15) is 0 Å². The summed E-state index contributed by atoms with van der Waals surface area (Å²) in [5, 5.41) is 0. The van der Waals surface area contributed by atoms with Crippen molar-refractivity contribution in [3.8, 4) is 0 Å². The summed E-state index contributed by atoms with van der Waals surface area (Å²) in [6, 6.07) is 0.660. The van der Waals surface area contributed by atoms with E-state index in [1.807, 2.05) is 0 Å². The number of hydrogen-bond donors (Lipinski definition) is 0. The van der Waals surface area contributed by atoms with Crippen molar-refractivity contribution in [1.29, 1.82) is 0 Å². The van der Waals surface area contributed by atoms with Crippen molar-refractivity contribution in [2.45, 2.75) is 46.6 Å². The van der Waals surface area contributed by atoms with E-state index in [9.17, 15) is 0 Å². The van der Waals surface area contributed by atoms with Crippen molar-refractivity contribution in [2.24, 2.45) is 11.8 Å². The smallest absolute Gasteiger partial charge is 0.0505 e. The van der Waals surface area contributed by atoms with Gasteiger partial charge in [0.25, 0.3) is 0 Å². The second-order valence-corrected chi connectivity index (χ2v) is 5.69. The quantitative estimate of drug-likeness (QED) is 0.707. The van der Waals surface area contributed by atoms with Gasteiger partial charge in [-0.3, -0.25) is 9.80 Å². The molecule has 1 heterocycles. The fourth-order valence-corrected chi connectivity index (χ4v) is 2.24.